The van der Waals surface area contributed by atoms with Crippen LogP contribution in [-0.4, -0.2) is 20.9 Å². The average molecular weight is 337 g/mol. The minimum atomic E-state index is -0.864. The van der Waals surface area contributed by atoms with E-state index in [1.807, 2.05) is 6.92 Å². The van der Waals surface area contributed by atoms with Crippen LogP contribution in [-0.2, 0) is 18.3 Å². The molecule has 1 aromatic carbocycles. The standard InChI is InChI=1S/C15H17BrN2O2/c1-8-5-10(3)11(6-9(8)2)15-14(16)12(7-13(19)20)18(4)17-15/h5-6H,7H2,1-4H3,(H,19,20). The van der Waals surface area contributed by atoms with Gasteiger partial charge in [0, 0.05) is 12.6 Å². The Hall–Kier alpha value is -1.62. The molecule has 0 aliphatic carbocycles. The van der Waals surface area contributed by atoms with Crippen molar-refractivity contribution in [2.45, 2.75) is 27.2 Å². The third kappa shape index (κ3) is 2.63. The number of carboxylic acid groups (broad SMARTS) is 1. The van der Waals surface area contributed by atoms with Gasteiger partial charge in [-0.05, 0) is 59.5 Å². The third-order valence-corrected chi connectivity index (χ3v) is 4.35. The van der Waals surface area contributed by atoms with Crippen molar-refractivity contribution in [3.8, 4) is 11.3 Å². The number of aliphatic carboxylic acids is 1. The fourth-order valence-electron chi connectivity index (χ4n) is 2.26. The topological polar surface area (TPSA) is 55.1 Å². The SMILES string of the molecule is Cc1cc(C)c(-c2nn(C)c(CC(=O)O)c2Br)cc1C. The van der Waals surface area contributed by atoms with Gasteiger partial charge in [0.1, 0.15) is 5.69 Å². The van der Waals surface area contributed by atoms with Crippen LogP contribution in [0.1, 0.15) is 22.4 Å². The van der Waals surface area contributed by atoms with Crippen molar-refractivity contribution in [1.82, 2.24) is 9.78 Å². The van der Waals surface area contributed by atoms with Gasteiger partial charge in [-0.25, -0.2) is 0 Å². The second kappa shape index (κ2) is 5.40. The Morgan fingerprint density at radius 3 is 2.45 bits per heavy atom. The van der Waals surface area contributed by atoms with Crippen LogP contribution in [0.15, 0.2) is 16.6 Å². The van der Waals surface area contributed by atoms with Crippen LogP contribution >= 0.6 is 15.9 Å². The van der Waals surface area contributed by atoms with E-state index >= 15 is 0 Å². The predicted molar refractivity (Wildman–Crippen MR) is 81.9 cm³/mol. The van der Waals surface area contributed by atoms with E-state index in [1.165, 1.54) is 11.1 Å². The molecule has 0 radical (unpaired) electrons. The Labute approximate surface area is 126 Å². The summed E-state index contributed by atoms with van der Waals surface area (Å²) in [7, 11) is 1.77. The van der Waals surface area contributed by atoms with Crippen LogP contribution in [0, 0.1) is 20.8 Å². The minimum absolute atomic E-state index is 0.0476. The zero-order chi connectivity index (χ0) is 15.0. The molecule has 0 fully saturated rings. The fourth-order valence-corrected chi connectivity index (χ4v) is 2.95. The van der Waals surface area contributed by atoms with E-state index in [9.17, 15) is 4.79 Å². The van der Waals surface area contributed by atoms with Gasteiger partial charge < -0.3 is 5.11 Å². The maximum absolute atomic E-state index is 10.9. The maximum Gasteiger partial charge on any atom is 0.309 e. The van der Waals surface area contributed by atoms with Gasteiger partial charge in [-0.3, -0.25) is 9.48 Å². The van der Waals surface area contributed by atoms with Gasteiger partial charge in [0.05, 0.1) is 16.6 Å². The zero-order valence-electron chi connectivity index (χ0n) is 12.0. The molecule has 20 heavy (non-hydrogen) atoms. The Morgan fingerprint density at radius 1 is 1.25 bits per heavy atom. The number of aromatic nitrogens is 2. The molecule has 2 rings (SSSR count). The number of nitrogens with zero attached hydrogens (tertiary/aromatic N) is 2. The Balaban J connectivity index is 2.60. The van der Waals surface area contributed by atoms with E-state index in [-0.39, 0.29) is 6.42 Å². The Kier molecular flexibility index (Phi) is 3.99. The van der Waals surface area contributed by atoms with Crippen molar-refractivity contribution in [3.05, 3.63) is 39.0 Å². The van der Waals surface area contributed by atoms with Crippen LogP contribution in [0.2, 0.25) is 0 Å². The number of hydrogen-bond acceptors (Lipinski definition) is 2. The summed E-state index contributed by atoms with van der Waals surface area (Å²) in [4.78, 5) is 10.9. The normalized spacial score (nSPS) is 10.8. The molecule has 0 spiro atoms. The van der Waals surface area contributed by atoms with E-state index in [0.29, 0.717) is 5.69 Å². The molecule has 0 bridgehead atoms. The smallest absolute Gasteiger partial charge is 0.309 e. The van der Waals surface area contributed by atoms with Crippen LogP contribution in [0.4, 0.5) is 0 Å². The molecule has 0 aliphatic rings. The van der Waals surface area contributed by atoms with Crippen molar-refractivity contribution in [2.24, 2.45) is 7.05 Å². The molecule has 0 atom stereocenters. The first-order valence-corrected chi connectivity index (χ1v) is 7.12. The number of hydrogen-bond donors (Lipinski definition) is 1. The Bertz CT molecular complexity index is 690. The lowest BCUT2D eigenvalue weighted by Gasteiger charge is -2.08. The summed E-state index contributed by atoms with van der Waals surface area (Å²) < 4.78 is 2.39. The molecule has 0 saturated heterocycles. The van der Waals surface area contributed by atoms with E-state index < -0.39 is 5.97 Å². The number of benzene rings is 1. The van der Waals surface area contributed by atoms with Gasteiger partial charge >= 0.3 is 5.97 Å². The van der Waals surface area contributed by atoms with Crippen LogP contribution in [0.5, 0.6) is 0 Å². The second-order valence-corrected chi connectivity index (χ2v) is 5.85. The highest BCUT2D eigenvalue weighted by Crippen LogP contribution is 2.33. The molecule has 0 amide bonds. The van der Waals surface area contributed by atoms with E-state index in [0.717, 1.165) is 21.3 Å². The monoisotopic (exact) mass is 336 g/mol. The quantitative estimate of drug-likeness (QED) is 0.934. The number of rotatable bonds is 3. The van der Waals surface area contributed by atoms with Gasteiger partial charge in [0.25, 0.3) is 0 Å². The summed E-state index contributed by atoms with van der Waals surface area (Å²) in [6, 6.07) is 4.23. The number of aryl methyl sites for hydroxylation is 4. The van der Waals surface area contributed by atoms with Crippen LogP contribution in [0.25, 0.3) is 11.3 Å². The fraction of sp³-hybridized carbons (Fsp3) is 0.333. The summed E-state index contributed by atoms with van der Waals surface area (Å²) in [5, 5.41) is 13.4. The second-order valence-electron chi connectivity index (χ2n) is 5.05. The molecule has 0 aliphatic heterocycles. The number of carboxylic acids is 1. The molecule has 1 aromatic heterocycles. The molecular weight excluding hydrogens is 320 g/mol. The maximum atomic E-state index is 10.9. The molecule has 1 N–H and O–H groups in total. The lowest BCUT2D eigenvalue weighted by atomic mass is 9.98. The largest absolute Gasteiger partial charge is 0.481 e. The first-order valence-electron chi connectivity index (χ1n) is 6.32. The summed E-state index contributed by atoms with van der Waals surface area (Å²) in [6.07, 6.45) is -0.0476. The van der Waals surface area contributed by atoms with Crippen LogP contribution < -0.4 is 0 Å². The highest BCUT2D eigenvalue weighted by Gasteiger charge is 2.19. The number of carbonyl (C=O) groups is 1. The van der Waals surface area contributed by atoms with Gasteiger partial charge in [-0.2, -0.15) is 5.10 Å². The van der Waals surface area contributed by atoms with E-state index in [1.54, 1.807) is 11.7 Å². The summed E-state index contributed by atoms with van der Waals surface area (Å²) in [5.41, 5.74) is 6.07. The lowest BCUT2D eigenvalue weighted by Crippen LogP contribution is -2.06. The van der Waals surface area contributed by atoms with Crippen molar-refractivity contribution < 1.29 is 9.90 Å². The zero-order valence-corrected chi connectivity index (χ0v) is 13.6. The predicted octanol–water partition coefficient (Wildman–Crippen LogP) is 3.40. The molecule has 5 heteroatoms. The van der Waals surface area contributed by atoms with E-state index in [2.05, 4.69) is 47.0 Å². The van der Waals surface area contributed by atoms with Gasteiger partial charge in [-0.1, -0.05) is 6.07 Å². The average Bonchev–Trinajstić information content (AvgIpc) is 2.61. The third-order valence-electron chi connectivity index (χ3n) is 3.52. The summed E-state index contributed by atoms with van der Waals surface area (Å²) in [6.45, 7) is 6.18. The van der Waals surface area contributed by atoms with E-state index in [4.69, 9.17) is 5.11 Å². The highest BCUT2D eigenvalue weighted by molar-refractivity contribution is 9.10. The molecule has 2 aromatic rings. The van der Waals surface area contributed by atoms with Gasteiger partial charge in [0.15, 0.2) is 0 Å². The summed E-state index contributed by atoms with van der Waals surface area (Å²) >= 11 is 3.50. The molecule has 1 heterocycles. The van der Waals surface area contributed by atoms with Crippen LogP contribution in [0.3, 0.4) is 0 Å². The first-order chi connectivity index (χ1) is 9.31. The minimum Gasteiger partial charge on any atom is -0.481 e. The molecule has 106 valence electrons. The molecule has 0 unspecified atom stereocenters. The highest BCUT2D eigenvalue weighted by atomic mass is 79.9. The molecule has 0 saturated carbocycles. The van der Waals surface area contributed by atoms with Crippen molar-refractivity contribution >= 4 is 21.9 Å². The van der Waals surface area contributed by atoms with Crippen molar-refractivity contribution in [3.63, 3.8) is 0 Å². The summed E-state index contributed by atoms with van der Waals surface area (Å²) in [5.74, 6) is -0.864. The first kappa shape index (κ1) is 14.8. The van der Waals surface area contributed by atoms with Crippen molar-refractivity contribution in [1.29, 1.82) is 0 Å². The van der Waals surface area contributed by atoms with Gasteiger partial charge in [-0.15, -0.1) is 0 Å². The van der Waals surface area contributed by atoms with Gasteiger partial charge in [0.2, 0.25) is 0 Å². The lowest BCUT2D eigenvalue weighted by molar-refractivity contribution is -0.136. The Morgan fingerprint density at radius 2 is 1.85 bits per heavy atom. The molecular formula is C15H17BrN2O2. The van der Waals surface area contributed by atoms with Crippen molar-refractivity contribution in [2.75, 3.05) is 0 Å². The number of halogens is 1. The molecule has 4 nitrogen and oxygen atoms in total.